The molecule has 1 N–H and O–H groups in total. The number of carboxylic acid groups (broad SMARTS) is 1. The first-order valence-electron chi connectivity index (χ1n) is 7.69. The summed E-state index contributed by atoms with van der Waals surface area (Å²) >= 11 is 0. The van der Waals surface area contributed by atoms with E-state index in [4.69, 9.17) is 0 Å². The van der Waals surface area contributed by atoms with Gasteiger partial charge in [0.15, 0.2) is 0 Å². The van der Waals surface area contributed by atoms with Crippen LogP contribution >= 0.6 is 0 Å². The number of nitriles is 1. The molecule has 2 amide bonds. The molecule has 0 bridgehead atoms. The highest BCUT2D eigenvalue weighted by Gasteiger charge is 2.59. The highest BCUT2D eigenvalue weighted by Crippen LogP contribution is 2.44. The zero-order valence-electron chi connectivity index (χ0n) is 13.6. The molecular weight excluding hydrogens is 310 g/mol. The van der Waals surface area contributed by atoms with Crippen LogP contribution in [0.3, 0.4) is 0 Å². The maximum atomic E-state index is 12.2. The number of hydrogen-bond acceptors (Lipinski definition) is 5. The smallest absolute Gasteiger partial charge is 0.319 e. The van der Waals surface area contributed by atoms with E-state index in [1.807, 2.05) is 4.90 Å². The number of hydrogen-bond donors (Lipinski definition) is 1. The van der Waals surface area contributed by atoms with E-state index in [2.05, 4.69) is 11.1 Å². The number of nitrogens with zero attached hydrogens (tertiary/aromatic N) is 5. The van der Waals surface area contributed by atoms with Gasteiger partial charge >= 0.3 is 12.0 Å². The molecular formula is C16H19N5O3. The third-order valence-corrected chi connectivity index (χ3v) is 4.89. The lowest BCUT2D eigenvalue weighted by atomic mass is 9.81. The fourth-order valence-electron chi connectivity index (χ4n) is 3.69. The molecule has 3 heterocycles. The van der Waals surface area contributed by atoms with Crippen molar-refractivity contribution in [3.05, 3.63) is 23.9 Å². The van der Waals surface area contributed by atoms with E-state index in [0.29, 0.717) is 24.5 Å². The summed E-state index contributed by atoms with van der Waals surface area (Å²) in [5.41, 5.74) is -0.588. The summed E-state index contributed by atoms with van der Waals surface area (Å²) in [4.78, 5) is 33.4. The van der Waals surface area contributed by atoms with Crippen molar-refractivity contribution in [1.29, 1.82) is 5.26 Å². The Balaban J connectivity index is 1.88. The van der Waals surface area contributed by atoms with Crippen molar-refractivity contribution < 1.29 is 14.7 Å². The first-order chi connectivity index (χ1) is 11.4. The molecule has 24 heavy (non-hydrogen) atoms. The molecule has 2 fully saturated rings. The Morgan fingerprint density at radius 1 is 1.42 bits per heavy atom. The number of carbonyl (C=O) groups is 2. The van der Waals surface area contributed by atoms with E-state index < -0.39 is 11.4 Å². The topological polar surface area (TPSA) is 101 Å². The molecule has 3 rings (SSSR count). The first-order valence-corrected chi connectivity index (χ1v) is 7.69. The predicted octanol–water partition coefficient (Wildman–Crippen LogP) is 0.458. The normalized spacial score (nSPS) is 25.3. The Morgan fingerprint density at radius 2 is 2.17 bits per heavy atom. The summed E-state index contributed by atoms with van der Waals surface area (Å²) in [6, 6.07) is 5.28. The van der Waals surface area contributed by atoms with Crippen LogP contribution in [0.25, 0.3) is 0 Å². The molecule has 0 aromatic carbocycles. The van der Waals surface area contributed by atoms with Crippen LogP contribution in [-0.4, -0.2) is 72.2 Å². The van der Waals surface area contributed by atoms with Gasteiger partial charge < -0.3 is 19.8 Å². The standard InChI is InChI=1S/C16H19N5O3/c1-19(2)15(24)21-8-12-7-20(9-16(12,10-21)14(22)23)13-11(6-17)4-3-5-18-13/h3-5,12H,7-10H2,1-2H3,(H,22,23)/t12-,16-/m0/s1. The van der Waals surface area contributed by atoms with Crippen molar-refractivity contribution in [2.45, 2.75) is 0 Å². The zero-order valence-corrected chi connectivity index (χ0v) is 13.6. The van der Waals surface area contributed by atoms with E-state index in [-0.39, 0.29) is 25.0 Å². The SMILES string of the molecule is CN(C)C(=O)N1C[C@@H]2CN(c3ncccc3C#N)C[C@]2(C(=O)O)C1. The third-order valence-electron chi connectivity index (χ3n) is 4.89. The number of aromatic nitrogens is 1. The molecule has 2 atom stereocenters. The van der Waals surface area contributed by atoms with Crippen molar-refractivity contribution in [3.8, 4) is 6.07 Å². The van der Waals surface area contributed by atoms with Gasteiger partial charge in [0.25, 0.3) is 0 Å². The minimum Gasteiger partial charge on any atom is -0.481 e. The Bertz CT molecular complexity index is 729. The fourth-order valence-corrected chi connectivity index (χ4v) is 3.69. The predicted molar refractivity (Wildman–Crippen MR) is 85.4 cm³/mol. The van der Waals surface area contributed by atoms with Crippen LogP contribution in [0.5, 0.6) is 0 Å². The maximum Gasteiger partial charge on any atom is 0.319 e. The average molecular weight is 329 g/mol. The van der Waals surface area contributed by atoms with Gasteiger partial charge in [-0.25, -0.2) is 9.78 Å². The summed E-state index contributed by atoms with van der Waals surface area (Å²) in [5.74, 6) is -0.577. The van der Waals surface area contributed by atoms with Crippen molar-refractivity contribution >= 4 is 17.8 Å². The van der Waals surface area contributed by atoms with Crippen LogP contribution in [0.4, 0.5) is 10.6 Å². The number of pyridine rings is 1. The Morgan fingerprint density at radius 3 is 2.75 bits per heavy atom. The van der Waals surface area contributed by atoms with Gasteiger partial charge in [-0.3, -0.25) is 4.79 Å². The molecule has 0 aliphatic carbocycles. The van der Waals surface area contributed by atoms with Gasteiger partial charge in [-0.15, -0.1) is 0 Å². The highest BCUT2D eigenvalue weighted by atomic mass is 16.4. The van der Waals surface area contributed by atoms with Gasteiger partial charge in [0.2, 0.25) is 0 Å². The molecule has 2 aliphatic rings. The Kier molecular flexibility index (Phi) is 3.79. The van der Waals surface area contributed by atoms with Crippen LogP contribution in [0.1, 0.15) is 5.56 Å². The molecule has 0 radical (unpaired) electrons. The molecule has 0 unspecified atom stereocenters. The second kappa shape index (κ2) is 5.67. The molecule has 126 valence electrons. The number of aliphatic carboxylic acids is 1. The lowest BCUT2D eigenvalue weighted by Crippen LogP contribution is -2.44. The monoisotopic (exact) mass is 329 g/mol. The summed E-state index contributed by atoms with van der Waals surface area (Å²) in [6.07, 6.45) is 1.60. The zero-order chi connectivity index (χ0) is 17.5. The Hall–Kier alpha value is -2.82. The number of rotatable bonds is 2. The summed E-state index contributed by atoms with van der Waals surface area (Å²) in [6.45, 7) is 1.29. The molecule has 2 aliphatic heterocycles. The fraction of sp³-hybridized carbons (Fsp3) is 0.500. The van der Waals surface area contributed by atoms with Gasteiger partial charge in [0.05, 0.1) is 5.56 Å². The quantitative estimate of drug-likeness (QED) is 0.846. The van der Waals surface area contributed by atoms with Crippen LogP contribution in [-0.2, 0) is 4.79 Å². The number of anilines is 1. The largest absolute Gasteiger partial charge is 0.481 e. The van der Waals surface area contributed by atoms with Gasteiger partial charge in [0.1, 0.15) is 17.3 Å². The van der Waals surface area contributed by atoms with Crippen molar-refractivity contribution in [2.75, 3.05) is 45.2 Å². The van der Waals surface area contributed by atoms with Gasteiger partial charge in [-0.1, -0.05) is 0 Å². The van der Waals surface area contributed by atoms with Crippen molar-refractivity contribution in [2.24, 2.45) is 11.3 Å². The minimum absolute atomic E-state index is 0.174. The van der Waals surface area contributed by atoms with E-state index in [1.54, 1.807) is 37.3 Å². The number of likely N-dealkylation sites (tertiary alicyclic amines) is 1. The molecule has 0 spiro atoms. The molecule has 8 heteroatoms. The second-order valence-electron chi connectivity index (χ2n) is 6.58. The van der Waals surface area contributed by atoms with Crippen molar-refractivity contribution in [3.63, 3.8) is 0 Å². The summed E-state index contributed by atoms with van der Waals surface area (Å²) in [5, 5.41) is 19.1. The van der Waals surface area contributed by atoms with E-state index in [9.17, 15) is 20.0 Å². The lowest BCUT2D eigenvalue weighted by Gasteiger charge is -2.27. The third kappa shape index (κ3) is 2.33. The average Bonchev–Trinajstić information content (AvgIpc) is 3.09. The van der Waals surface area contributed by atoms with Gasteiger partial charge in [-0.05, 0) is 12.1 Å². The Labute approximate surface area is 139 Å². The summed E-state index contributed by atoms with van der Waals surface area (Å²) < 4.78 is 0. The van der Waals surface area contributed by atoms with Crippen LogP contribution < -0.4 is 4.90 Å². The second-order valence-corrected chi connectivity index (χ2v) is 6.58. The molecule has 0 saturated carbocycles. The number of carbonyl (C=O) groups excluding carboxylic acids is 1. The van der Waals surface area contributed by atoms with Gasteiger partial charge in [0, 0.05) is 52.4 Å². The van der Waals surface area contributed by atoms with E-state index in [1.165, 1.54) is 4.90 Å². The number of fused-ring (bicyclic) bond motifs is 1. The first kappa shape index (κ1) is 16.1. The van der Waals surface area contributed by atoms with Crippen LogP contribution in [0, 0.1) is 22.7 Å². The number of carboxylic acids is 1. The minimum atomic E-state index is -1.02. The number of amides is 2. The molecule has 8 nitrogen and oxygen atoms in total. The van der Waals surface area contributed by atoms with E-state index in [0.717, 1.165) is 0 Å². The van der Waals surface area contributed by atoms with Crippen LogP contribution in [0.15, 0.2) is 18.3 Å². The maximum absolute atomic E-state index is 12.2. The summed E-state index contributed by atoms with van der Waals surface area (Å²) in [7, 11) is 3.31. The highest BCUT2D eigenvalue weighted by molar-refractivity contribution is 5.82. The lowest BCUT2D eigenvalue weighted by molar-refractivity contribution is -0.148. The van der Waals surface area contributed by atoms with Gasteiger partial charge in [-0.2, -0.15) is 5.26 Å². The van der Waals surface area contributed by atoms with Crippen LogP contribution in [0.2, 0.25) is 0 Å². The van der Waals surface area contributed by atoms with Crippen molar-refractivity contribution in [1.82, 2.24) is 14.8 Å². The molecule has 1 aromatic heterocycles. The molecule has 2 saturated heterocycles. The number of urea groups is 1. The van der Waals surface area contributed by atoms with E-state index >= 15 is 0 Å². The molecule has 1 aromatic rings.